The highest BCUT2D eigenvalue weighted by Crippen LogP contribution is 2.33. The molecule has 0 amide bonds. The average Bonchev–Trinajstić information content (AvgIpc) is 2.89. The lowest BCUT2D eigenvalue weighted by molar-refractivity contribution is 0.441. The number of hydrogen-bond acceptors (Lipinski definition) is 4. The summed E-state index contributed by atoms with van der Waals surface area (Å²) in [5.41, 5.74) is 2.85. The number of aryl methyl sites for hydroxylation is 2. The van der Waals surface area contributed by atoms with E-state index in [1.165, 1.54) is 6.33 Å². The number of benzene rings is 1. The van der Waals surface area contributed by atoms with E-state index in [9.17, 15) is 0 Å². The first-order valence-electron chi connectivity index (χ1n) is 7.11. The zero-order valence-corrected chi connectivity index (χ0v) is 13.7. The van der Waals surface area contributed by atoms with E-state index >= 15 is 0 Å². The minimum atomic E-state index is 0.320. The van der Waals surface area contributed by atoms with Crippen molar-refractivity contribution in [3.05, 3.63) is 46.4 Å². The lowest BCUT2D eigenvalue weighted by Gasteiger charge is -2.15. The predicted octanol–water partition coefficient (Wildman–Crippen LogP) is 4.31. The van der Waals surface area contributed by atoms with Gasteiger partial charge in [0.15, 0.2) is 0 Å². The molecular formula is C16H17ClN4O. The van der Waals surface area contributed by atoms with Crippen LogP contribution in [0, 0.1) is 13.8 Å². The van der Waals surface area contributed by atoms with Gasteiger partial charge in [0.05, 0.1) is 0 Å². The van der Waals surface area contributed by atoms with Crippen molar-refractivity contribution in [2.24, 2.45) is 0 Å². The third-order valence-corrected chi connectivity index (χ3v) is 3.81. The smallest absolute Gasteiger partial charge is 0.255 e. The second kappa shape index (κ2) is 5.57. The number of aromatic nitrogens is 4. The average molecular weight is 317 g/mol. The quantitative estimate of drug-likeness (QED) is 0.722. The van der Waals surface area contributed by atoms with Crippen molar-refractivity contribution < 1.29 is 4.74 Å². The summed E-state index contributed by atoms with van der Waals surface area (Å²) in [5.74, 6) is 2.18. The molecular weight excluding hydrogens is 300 g/mol. The van der Waals surface area contributed by atoms with E-state index < -0.39 is 0 Å². The number of nitrogens with zero attached hydrogens (tertiary/aromatic N) is 4. The van der Waals surface area contributed by atoms with Crippen LogP contribution in [0.15, 0.2) is 24.5 Å². The second-order valence-corrected chi connectivity index (χ2v) is 6.01. The van der Waals surface area contributed by atoms with Crippen LogP contribution in [0.25, 0.3) is 5.78 Å². The van der Waals surface area contributed by atoms with Crippen LogP contribution >= 0.6 is 11.6 Å². The highest BCUT2D eigenvalue weighted by atomic mass is 35.5. The van der Waals surface area contributed by atoms with Crippen molar-refractivity contribution in [3.63, 3.8) is 0 Å². The molecule has 114 valence electrons. The molecule has 0 aliphatic carbocycles. The molecule has 0 saturated carbocycles. The number of halogens is 1. The number of fused-ring (bicyclic) bond motifs is 1. The van der Waals surface area contributed by atoms with E-state index in [0.717, 1.165) is 27.6 Å². The van der Waals surface area contributed by atoms with Crippen LogP contribution in [0.3, 0.4) is 0 Å². The fraction of sp³-hybridized carbons (Fsp3) is 0.312. The number of ether oxygens (including phenoxy) is 1. The Hall–Kier alpha value is -2.14. The van der Waals surface area contributed by atoms with Gasteiger partial charge in [0.25, 0.3) is 5.78 Å². The maximum atomic E-state index is 6.31. The third kappa shape index (κ3) is 2.64. The molecule has 5 nitrogen and oxygen atoms in total. The van der Waals surface area contributed by atoms with Crippen LogP contribution in [0.5, 0.6) is 11.6 Å². The van der Waals surface area contributed by atoms with Gasteiger partial charge in [-0.1, -0.05) is 25.4 Å². The molecule has 2 aromatic heterocycles. The van der Waals surface area contributed by atoms with Gasteiger partial charge in [-0.15, -0.1) is 0 Å². The highest BCUT2D eigenvalue weighted by Gasteiger charge is 2.13. The summed E-state index contributed by atoms with van der Waals surface area (Å²) in [6, 6.07) is 5.75. The third-order valence-electron chi connectivity index (χ3n) is 3.48. The highest BCUT2D eigenvalue weighted by molar-refractivity contribution is 6.31. The Morgan fingerprint density at radius 2 is 1.95 bits per heavy atom. The van der Waals surface area contributed by atoms with Crippen LogP contribution < -0.4 is 4.74 Å². The van der Waals surface area contributed by atoms with Crippen molar-refractivity contribution in [3.8, 4) is 11.6 Å². The second-order valence-electron chi connectivity index (χ2n) is 5.60. The molecule has 0 N–H and O–H groups in total. The standard InChI is InChI=1S/C16H17ClN4O/c1-9(2)12-7-14(10(3)5-13(12)17)22-15-6-11(4)20-16-18-8-19-21(15)16/h5-9H,1-4H3. The Morgan fingerprint density at radius 1 is 1.18 bits per heavy atom. The molecule has 0 aliphatic rings. The van der Waals surface area contributed by atoms with Crippen molar-refractivity contribution in [1.29, 1.82) is 0 Å². The zero-order chi connectivity index (χ0) is 15.9. The summed E-state index contributed by atoms with van der Waals surface area (Å²) in [7, 11) is 0. The summed E-state index contributed by atoms with van der Waals surface area (Å²) in [4.78, 5) is 8.41. The molecule has 6 heteroatoms. The normalized spacial score (nSPS) is 11.4. The first-order valence-corrected chi connectivity index (χ1v) is 7.49. The van der Waals surface area contributed by atoms with Gasteiger partial charge in [0.1, 0.15) is 12.1 Å². The Balaban J connectivity index is 2.08. The Kier molecular flexibility index (Phi) is 3.74. The zero-order valence-electron chi connectivity index (χ0n) is 13.0. The Bertz CT molecular complexity index is 842. The molecule has 0 spiro atoms. The van der Waals surface area contributed by atoms with Crippen LogP contribution in [-0.2, 0) is 0 Å². The molecule has 2 heterocycles. The van der Waals surface area contributed by atoms with Crippen molar-refractivity contribution >= 4 is 17.4 Å². The summed E-state index contributed by atoms with van der Waals surface area (Å²) in [5, 5.41) is 4.91. The van der Waals surface area contributed by atoms with Gasteiger partial charge in [-0.25, -0.2) is 4.98 Å². The molecule has 0 bridgehead atoms. The SMILES string of the molecule is Cc1cc(Oc2cc(C(C)C)c(Cl)cc2C)n2ncnc2n1. The van der Waals surface area contributed by atoms with Gasteiger partial charge in [0.2, 0.25) is 5.88 Å². The number of rotatable bonds is 3. The van der Waals surface area contributed by atoms with Crippen LogP contribution in [-0.4, -0.2) is 19.6 Å². The lowest BCUT2D eigenvalue weighted by Crippen LogP contribution is -2.01. The van der Waals surface area contributed by atoms with E-state index in [1.54, 1.807) is 4.52 Å². The summed E-state index contributed by atoms with van der Waals surface area (Å²) in [6.07, 6.45) is 1.46. The van der Waals surface area contributed by atoms with E-state index in [4.69, 9.17) is 16.3 Å². The minimum absolute atomic E-state index is 0.320. The van der Waals surface area contributed by atoms with Gasteiger partial charge >= 0.3 is 0 Å². The van der Waals surface area contributed by atoms with Crippen LogP contribution in [0.4, 0.5) is 0 Å². The molecule has 0 unspecified atom stereocenters. The van der Waals surface area contributed by atoms with E-state index in [1.807, 2.05) is 32.0 Å². The van der Waals surface area contributed by atoms with Crippen LogP contribution in [0.1, 0.15) is 36.6 Å². The molecule has 0 aliphatic heterocycles. The molecule has 22 heavy (non-hydrogen) atoms. The summed E-state index contributed by atoms with van der Waals surface area (Å²) >= 11 is 6.31. The largest absolute Gasteiger partial charge is 0.439 e. The van der Waals surface area contributed by atoms with E-state index in [2.05, 4.69) is 28.9 Å². The topological polar surface area (TPSA) is 52.3 Å². The van der Waals surface area contributed by atoms with Gasteiger partial charge in [-0.2, -0.15) is 14.6 Å². The van der Waals surface area contributed by atoms with Gasteiger partial charge in [0, 0.05) is 16.8 Å². The summed E-state index contributed by atoms with van der Waals surface area (Å²) in [6.45, 7) is 8.08. The Morgan fingerprint density at radius 3 is 2.68 bits per heavy atom. The predicted molar refractivity (Wildman–Crippen MR) is 85.9 cm³/mol. The van der Waals surface area contributed by atoms with Crippen LogP contribution in [0.2, 0.25) is 5.02 Å². The molecule has 3 aromatic rings. The van der Waals surface area contributed by atoms with Crippen molar-refractivity contribution in [2.45, 2.75) is 33.6 Å². The Labute approximate surface area is 133 Å². The monoisotopic (exact) mass is 316 g/mol. The maximum Gasteiger partial charge on any atom is 0.255 e. The molecule has 0 fully saturated rings. The first kappa shape index (κ1) is 14.8. The molecule has 3 rings (SSSR count). The maximum absolute atomic E-state index is 6.31. The van der Waals surface area contributed by atoms with Gasteiger partial charge < -0.3 is 4.74 Å². The van der Waals surface area contributed by atoms with E-state index in [0.29, 0.717) is 17.6 Å². The van der Waals surface area contributed by atoms with Crippen molar-refractivity contribution in [2.75, 3.05) is 0 Å². The molecule has 0 radical (unpaired) electrons. The fourth-order valence-corrected chi connectivity index (χ4v) is 2.74. The molecule has 0 saturated heterocycles. The first-order chi connectivity index (χ1) is 10.5. The van der Waals surface area contributed by atoms with Gasteiger partial charge in [-0.3, -0.25) is 0 Å². The van der Waals surface area contributed by atoms with Gasteiger partial charge in [-0.05, 0) is 43.0 Å². The van der Waals surface area contributed by atoms with E-state index in [-0.39, 0.29) is 0 Å². The molecule has 1 aromatic carbocycles. The summed E-state index contributed by atoms with van der Waals surface area (Å²) < 4.78 is 7.65. The lowest BCUT2D eigenvalue weighted by atomic mass is 10.0. The fourth-order valence-electron chi connectivity index (χ4n) is 2.30. The molecule has 0 atom stereocenters. The van der Waals surface area contributed by atoms with Crippen molar-refractivity contribution in [1.82, 2.24) is 19.6 Å². The minimum Gasteiger partial charge on any atom is -0.439 e. The number of hydrogen-bond donors (Lipinski definition) is 0.